The van der Waals surface area contributed by atoms with E-state index in [9.17, 15) is 0 Å². The molecule has 8 aliphatic rings. The van der Waals surface area contributed by atoms with Crippen LogP contribution in [0.3, 0.4) is 0 Å². The first-order valence-corrected chi connectivity index (χ1v) is 28.9. The molecule has 2 nitrogen and oxygen atoms in total. The molecular weight excluding hydrogens is 725 g/mol. The lowest BCUT2D eigenvalue weighted by Crippen LogP contribution is -2.64. The predicted molar refractivity (Wildman–Crippen MR) is 259 cm³/mol. The molecule has 0 saturated heterocycles. The van der Waals surface area contributed by atoms with E-state index in [0.29, 0.717) is 0 Å². The van der Waals surface area contributed by atoms with Crippen LogP contribution in [0.2, 0.25) is 0 Å². The van der Waals surface area contributed by atoms with E-state index in [4.69, 9.17) is 0 Å². The average molecular weight is 829 g/mol. The van der Waals surface area contributed by atoms with E-state index in [1.807, 2.05) is 0 Å². The molecule has 0 N–H and O–H groups in total. The fourth-order valence-electron chi connectivity index (χ4n) is 18.0. The first-order valence-electron chi connectivity index (χ1n) is 28.9. The van der Waals surface area contributed by atoms with Crippen LogP contribution in [0, 0.1) is 71.0 Å². The van der Waals surface area contributed by atoms with Crippen LogP contribution >= 0.6 is 0 Å². The molecule has 0 aromatic carbocycles. The zero-order valence-corrected chi connectivity index (χ0v) is 41.3. The highest BCUT2D eigenvalue weighted by atomic mass is 15.2. The van der Waals surface area contributed by atoms with E-state index in [0.717, 1.165) is 107 Å². The summed E-state index contributed by atoms with van der Waals surface area (Å²) in [7, 11) is 0. The summed E-state index contributed by atoms with van der Waals surface area (Å²) in [6.07, 6.45) is 51.6. The maximum absolute atomic E-state index is 3.43. The van der Waals surface area contributed by atoms with Gasteiger partial charge in [0.15, 0.2) is 0 Å². The maximum atomic E-state index is 3.43. The Bertz CT molecular complexity index is 1120. The molecule has 0 heterocycles. The molecule has 8 saturated carbocycles. The quantitative estimate of drug-likeness (QED) is 0.136. The largest absolute Gasteiger partial charge is 0.294 e. The van der Waals surface area contributed by atoms with Crippen molar-refractivity contribution in [3.63, 3.8) is 0 Å². The highest BCUT2D eigenvalue weighted by Crippen LogP contribution is 2.62. The van der Waals surface area contributed by atoms with Crippen molar-refractivity contribution in [2.45, 2.75) is 296 Å². The van der Waals surface area contributed by atoms with Gasteiger partial charge in [-0.1, -0.05) is 92.9 Å². The highest BCUT2D eigenvalue weighted by molar-refractivity contribution is 5.10. The van der Waals surface area contributed by atoms with Crippen LogP contribution in [0.25, 0.3) is 0 Å². The van der Waals surface area contributed by atoms with Crippen molar-refractivity contribution in [2.75, 3.05) is 0 Å². The molecule has 0 bridgehead atoms. The van der Waals surface area contributed by atoms with E-state index in [-0.39, 0.29) is 0 Å². The molecule has 0 radical (unpaired) electrons. The monoisotopic (exact) mass is 829 g/mol. The van der Waals surface area contributed by atoms with Crippen LogP contribution in [-0.2, 0) is 0 Å². The second-order valence-electron chi connectivity index (χ2n) is 24.8. The third kappa shape index (κ3) is 10.8. The molecule has 8 aliphatic carbocycles. The van der Waals surface area contributed by atoms with Gasteiger partial charge in [0, 0.05) is 36.3 Å². The molecule has 346 valence electrons. The summed E-state index contributed by atoms with van der Waals surface area (Å²) in [5.74, 6) is 12.2. The average Bonchev–Trinajstić information content (AvgIpc) is 3.28. The standard InChI is InChI=1S/C58H104N2/c1-7-11-13-43(9-3)39-45-19-31-51(32-20-45)59(49-27-15-41(5)16-28-49)55-37-25-47-24-36-54-56(38-26-48-23-35-53(55)57(47)58(48)54)60(50-29-17-42(6)18-30-50)52-33-21-46(22-34-52)40-44(10-4)14-12-8-2/h41-58H,7-40H2,1-6H3. The number of unbranched alkanes of at least 4 members (excludes halogenated alkanes) is 2. The molecule has 2 heteroatoms. The van der Waals surface area contributed by atoms with Crippen LogP contribution in [0.1, 0.15) is 260 Å². The summed E-state index contributed by atoms with van der Waals surface area (Å²) in [4.78, 5) is 6.86. The van der Waals surface area contributed by atoms with Gasteiger partial charge in [-0.2, -0.15) is 0 Å². The summed E-state index contributed by atoms with van der Waals surface area (Å²) >= 11 is 0. The zero-order chi connectivity index (χ0) is 41.6. The normalized spacial score (nSPS) is 43.4. The Morgan fingerprint density at radius 2 is 0.717 bits per heavy atom. The Labute approximate surface area is 375 Å². The van der Waals surface area contributed by atoms with Gasteiger partial charge in [0.25, 0.3) is 0 Å². The molecule has 0 aromatic rings. The molecular formula is C58H104N2. The van der Waals surface area contributed by atoms with Gasteiger partial charge < -0.3 is 0 Å². The Balaban J connectivity index is 0.993. The minimum atomic E-state index is 0.895. The third-order valence-electron chi connectivity index (χ3n) is 21.4. The molecule has 8 fully saturated rings. The topological polar surface area (TPSA) is 6.48 Å². The smallest absolute Gasteiger partial charge is 0.0132 e. The Morgan fingerprint density at radius 1 is 0.383 bits per heavy atom. The number of rotatable bonds is 18. The minimum Gasteiger partial charge on any atom is -0.294 e. The Hall–Kier alpha value is -0.0800. The number of hydrogen-bond acceptors (Lipinski definition) is 2. The van der Waals surface area contributed by atoms with Gasteiger partial charge >= 0.3 is 0 Å². The Morgan fingerprint density at radius 3 is 1.05 bits per heavy atom. The van der Waals surface area contributed by atoms with Crippen molar-refractivity contribution in [3.05, 3.63) is 0 Å². The highest BCUT2D eigenvalue weighted by Gasteiger charge is 2.58. The summed E-state index contributed by atoms with van der Waals surface area (Å²) in [5, 5.41) is 0. The van der Waals surface area contributed by atoms with Gasteiger partial charge in [0.2, 0.25) is 0 Å². The summed E-state index contributed by atoms with van der Waals surface area (Å²) in [5.41, 5.74) is 0. The second kappa shape index (κ2) is 22.4. The molecule has 0 aliphatic heterocycles. The zero-order valence-electron chi connectivity index (χ0n) is 41.3. The summed E-state index contributed by atoms with van der Waals surface area (Å²) in [6, 6.07) is 5.40. The van der Waals surface area contributed by atoms with Gasteiger partial charge in [-0.05, 0) is 238 Å². The lowest BCUT2D eigenvalue weighted by atomic mass is 9.46. The van der Waals surface area contributed by atoms with Crippen LogP contribution < -0.4 is 0 Å². The van der Waals surface area contributed by atoms with E-state index in [1.165, 1.54) is 128 Å². The van der Waals surface area contributed by atoms with E-state index in [2.05, 4.69) is 51.3 Å². The fourth-order valence-corrected chi connectivity index (χ4v) is 18.0. The van der Waals surface area contributed by atoms with Gasteiger partial charge in [-0.25, -0.2) is 0 Å². The Kier molecular flexibility index (Phi) is 17.3. The lowest BCUT2D eigenvalue weighted by molar-refractivity contribution is -0.150. The van der Waals surface area contributed by atoms with Crippen molar-refractivity contribution < 1.29 is 0 Å². The van der Waals surface area contributed by atoms with Crippen molar-refractivity contribution in [1.82, 2.24) is 9.80 Å². The maximum Gasteiger partial charge on any atom is 0.0132 e. The van der Waals surface area contributed by atoms with E-state index < -0.39 is 0 Å². The number of nitrogens with zero attached hydrogens (tertiary/aromatic N) is 2. The molecule has 10 atom stereocenters. The van der Waals surface area contributed by atoms with Crippen LogP contribution in [-0.4, -0.2) is 46.1 Å². The predicted octanol–water partition coefficient (Wildman–Crippen LogP) is 16.7. The van der Waals surface area contributed by atoms with Crippen molar-refractivity contribution >= 4 is 0 Å². The first kappa shape index (κ1) is 46.4. The molecule has 0 spiro atoms. The molecule has 0 amide bonds. The van der Waals surface area contributed by atoms with E-state index >= 15 is 0 Å². The summed E-state index contributed by atoms with van der Waals surface area (Å²) < 4.78 is 0. The van der Waals surface area contributed by atoms with Gasteiger partial charge in [-0.3, -0.25) is 9.80 Å². The van der Waals surface area contributed by atoms with Crippen molar-refractivity contribution in [2.24, 2.45) is 71.0 Å². The van der Waals surface area contributed by atoms with Gasteiger partial charge in [0.1, 0.15) is 0 Å². The lowest BCUT2D eigenvalue weighted by Gasteiger charge is -2.64. The van der Waals surface area contributed by atoms with Crippen LogP contribution in [0.5, 0.6) is 0 Å². The van der Waals surface area contributed by atoms with E-state index in [1.54, 1.807) is 89.9 Å². The van der Waals surface area contributed by atoms with Crippen molar-refractivity contribution in [3.8, 4) is 0 Å². The third-order valence-corrected chi connectivity index (χ3v) is 21.4. The molecule has 60 heavy (non-hydrogen) atoms. The molecule has 0 aromatic heterocycles. The molecule has 8 rings (SSSR count). The fraction of sp³-hybridized carbons (Fsp3) is 1.00. The second-order valence-corrected chi connectivity index (χ2v) is 24.8. The van der Waals surface area contributed by atoms with Gasteiger partial charge in [-0.15, -0.1) is 0 Å². The number of hydrogen-bond donors (Lipinski definition) is 0. The SMILES string of the molecule is CCCCC(CC)CC1CCC(N(C2CCC(C)CC2)C2CCC3CCC4C5C(CCC2C35)CCC4N(C2CCC(C)CC2)C2CCC(CC(CC)CCCC)CC2)CC1. The van der Waals surface area contributed by atoms with Crippen LogP contribution in [0.15, 0.2) is 0 Å². The summed E-state index contributed by atoms with van der Waals surface area (Å²) in [6.45, 7) is 14.9. The van der Waals surface area contributed by atoms with Crippen LogP contribution in [0.4, 0.5) is 0 Å². The first-order chi connectivity index (χ1) is 29.4. The molecule has 10 unspecified atom stereocenters. The van der Waals surface area contributed by atoms with Gasteiger partial charge in [0.05, 0.1) is 0 Å². The minimum absolute atomic E-state index is 0.895. The van der Waals surface area contributed by atoms with Crippen molar-refractivity contribution in [1.29, 1.82) is 0 Å².